The molecule has 9 heteroatoms. The van der Waals surface area contributed by atoms with Crippen molar-refractivity contribution in [2.24, 2.45) is 7.05 Å². The number of carbonyl (C=O) groups excluding carboxylic acids is 2. The van der Waals surface area contributed by atoms with Crippen LogP contribution in [-0.4, -0.2) is 41.9 Å². The van der Waals surface area contributed by atoms with E-state index in [9.17, 15) is 14.4 Å². The van der Waals surface area contributed by atoms with Crippen LogP contribution < -0.4 is 20.9 Å². The zero-order chi connectivity index (χ0) is 19.1. The molecule has 26 heavy (non-hydrogen) atoms. The molecule has 8 nitrogen and oxygen atoms in total. The number of ether oxygens (including phenoxy) is 2. The van der Waals surface area contributed by atoms with Crippen LogP contribution in [0, 0.1) is 0 Å². The second kappa shape index (κ2) is 9.61. The molecule has 0 atom stereocenters. The summed E-state index contributed by atoms with van der Waals surface area (Å²) in [7, 11) is 1.68. The molecular formula is C17H24BrN3O5. The van der Waals surface area contributed by atoms with Crippen molar-refractivity contribution >= 4 is 27.9 Å². The third kappa shape index (κ3) is 6.05. The number of carbonyl (C=O) groups is 2. The molecule has 1 aromatic rings. The topological polar surface area (TPSA) is 98.7 Å². The van der Waals surface area contributed by atoms with Crippen molar-refractivity contribution in [1.29, 1.82) is 0 Å². The Morgan fingerprint density at radius 2 is 2.00 bits per heavy atom. The second-order valence-corrected chi connectivity index (χ2v) is 7.05. The Bertz CT molecular complexity index is 698. The Morgan fingerprint density at radius 1 is 1.31 bits per heavy atom. The summed E-state index contributed by atoms with van der Waals surface area (Å²) in [6.45, 7) is 1.93. The predicted molar refractivity (Wildman–Crippen MR) is 99.2 cm³/mol. The van der Waals surface area contributed by atoms with Gasteiger partial charge in [-0.2, -0.15) is 0 Å². The van der Waals surface area contributed by atoms with E-state index in [1.54, 1.807) is 20.2 Å². The highest BCUT2D eigenvalue weighted by atomic mass is 79.9. The molecule has 1 fully saturated rings. The van der Waals surface area contributed by atoms with Gasteiger partial charge in [0.15, 0.2) is 6.61 Å². The van der Waals surface area contributed by atoms with E-state index in [1.165, 1.54) is 10.6 Å². The highest BCUT2D eigenvalue weighted by Crippen LogP contribution is 2.28. The summed E-state index contributed by atoms with van der Waals surface area (Å²) < 4.78 is 12.9. The van der Waals surface area contributed by atoms with E-state index < -0.39 is 6.09 Å². The summed E-state index contributed by atoms with van der Waals surface area (Å²) in [6.07, 6.45) is 4.14. The van der Waals surface area contributed by atoms with E-state index in [1.807, 2.05) is 0 Å². The molecule has 0 radical (unpaired) electrons. The Balaban J connectivity index is 1.75. The Labute approximate surface area is 160 Å². The van der Waals surface area contributed by atoms with Gasteiger partial charge in [0.05, 0.1) is 10.6 Å². The van der Waals surface area contributed by atoms with Gasteiger partial charge in [0.2, 0.25) is 0 Å². The van der Waals surface area contributed by atoms with Gasteiger partial charge >= 0.3 is 6.09 Å². The molecule has 1 aliphatic rings. The van der Waals surface area contributed by atoms with Crippen LogP contribution in [-0.2, 0) is 16.6 Å². The first-order valence-corrected chi connectivity index (χ1v) is 9.41. The van der Waals surface area contributed by atoms with E-state index in [2.05, 4.69) is 26.6 Å². The summed E-state index contributed by atoms with van der Waals surface area (Å²) >= 11 is 3.40. The van der Waals surface area contributed by atoms with Crippen LogP contribution in [0.2, 0.25) is 0 Å². The van der Waals surface area contributed by atoms with Gasteiger partial charge < -0.3 is 24.7 Å². The van der Waals surface area contributed by atoms with Crippen molar-refractivity contribution in [1.82, 2.24) is 15.2 Å². The number of aryl methyl sites for hydroxylation is 1. The molecule has 144 valence electrons. The van der Waals surface area contributed by atoms with E-state index in [4.69, 9.17) is 9.47 Å². The van der Waals surface area contributed by atoms with Crippen molar-refractivity contribution in [3.8, 4) is 5.75 Å². The number of amides is 2. The van der Waals surface area contributed by atoms with E-state index in [-0.39, 0.29) is 30.2 Å². The number of halogens is 1. The molecule has 0 unspecified atom stereocenters. The zero-order valence-electron chi connectivity index (χ0n) is 14.9. The van der Waals surface area contributed by atoms with Crippen molar-refractivity contribution in [3.63, 3.8) is 0 Å². The number of alkyl carbamates (subject to hydrolysis) is 1. The van der Waals surface area contributed by atoms with Gasteiger partial charge in [-0.3, -0.25) is 9.59 Å². The molecule has 2 amide bonds. The highest BCUT2D eigenvalue weighted by Gasteiger charge is 2.24. The molecule has 1 saturated carbocycles. The molecule has 2 N–H and O–H groups in total. The average Bonchev–Trinajstić information content (AvgIpc) is 2.60. The number of hydrogen-bond acceptors (Lipinski definition) is 5. The smallest absolute Gasteiger partial charge is 0.407 e. The molecule has 1 aromatic heterocycles. The fourth-order valence-corrected chi connectivity index (χ4v) is 3.29. The second-order valence-electron chi connectivity index (χ2n) is 6.20. The Kier molecular flexibility index (Phi) is 7.50. The van der Waals surface area contributed by atoms with Crippen molar-refractivity contribution in [2.75, 3.05) is 13.2 Å². The zero-order valence-corrected chi connectivity index (χ0v) is 16.5. The minimum atomic E-state index is -0.598. The number of nitrogens with one attached hydrogen (secondary N) is 2. The maximum absolute atomic E-state index is 11.8. The minimum Gasteiger partial charge on any atom is -0.489 e. The van der Waals surface area contributed by atoms with E-state index >= 15 is 0 Å². The van der Waals surface area contributed by atoms with Crippen LogP contribution >= 0.6 is 15.9 Å². The number of hydrogen-bond donors (Lipinski definition) is 2. The van der Waals surface area contributed by atoms with Gasteiger partial charge in [0.1, 0.15) is 5.75 Å². The summed E-state index contributed by atoms with van der Waals surface area (Å²) in [5.41, 5.74) is -0.128. The standard InChI is InChI=1S/C17H24BrN3O5/c1-3-19-17(24)25-10-15(22)20-11-4-6-12(7-5-11)26-14-8-16(23)21(2)9-13(14)18/h8-9,11-12H,3-7,10H2,1-2H3,(H,19,24)(H,20,22). The fourth-order valence-electron chi connectivity index (χ4n) is 2.77. The van der Waals surface area contributed by atoms with Crippen molar-refractivity contribution in [3.05, 3.63) is 27.1 Å². The van der Waals surface area contributed by atoms with Gasteiger partial charge in [-0.1, -0.05) is 0 Å². The van der Waals surface area contributed by atoms with Gasteiger partial charge in [0, 0.05) is 31.9 Å². The third-order valence-electron chi connectivity index (χ3n) is 4.13. The van der Waals surface area contributed by atoms with Gasteiger partial charge in [-0.25, -0.2) is 4.79 Å². The minimum absolute atomic E-state index is 0.00172. The lowest BCUT2D eigenvalue weighted by molar-refractivity contribution is -0.125. The van der Waals surface area contributed by atoms with Crippen LogP contribution in [0.4, 0.5) is 4.79 Å². The van der Waals surface area contributed by atoms with Gasteiger partial charge in [-0.15, -0.1) is 0 Å². The average molecular weight is 430 g/mol. The molecule has 0 spiro atoms. The molecule has 0 aromatic carbocycles. The van der Waals surface area contributed by atoms with Crippen LogP contribution in [0.15, 0.2) is 21.5 Å². The monoisotopic (exact) mass is 429 g/mol. The summed E-state index contributed by atoms with van der Waals surface area (Å²) in [4.78, 5) is 34.7. The SMILES string of the molecule is CCNC(=O)OCC(=O)NC1CCC(Oc2cc(=O)n(C)cc2Br)CC1. The summed E-state index contributed by atoms with van der Waals surface area (Å²) in [5.74, 6) is 0.228. The summed E-state index contributed by atoms with van der Waals surface area (Å²) in [6, 6.07) is 1.50. The first kappa shape index (κ1) is 20.3. The predicted octanol–water partition coefficient (Wildman–Crippen LogP) is 1.70. The van der Waals surface area contributed by atoms with Crippen molar-refractivity contribution < 1.29 is 19.1 Å². The molecule has 1 heterocycles. The molecule has 0 aliphatic heterocycles. The molecule has 1 aliphatic carbocycles. The largest absolute Gasteiger partial charge is 0.489 e. The van der Waals surface area contributed by atoms with Gasteiger partial charge in [-0.05, 0) is 48.5 Å². The number of nitrogens with zero attached hydrogens (tertiary/aromatic N) is 1. The molecular weight excluding hydrogens is 406 g/mol. The van der Waals surface area contributed by atoms with Crippen LogP contribution in [0.25, 0.3) is 0 Å². The van der Waals surface area contributed by atoms with Crippen LogP contribution in [0.3, 0.4) is 0 Å². The van der Waals surface area contributed by atoms with E-state index in [0.717, 1.165) is 30.2 Å². The molecule has 0 bridgehead atoms. The fraction of sp³-hybridized carbons (Fsp3) is 0.588. The lowest BCUT2D eigenvalue weighted by atomic mass is 9.93. The number of aromatic nitrogens is 1. The Hall–Kier alpha value is -2.03. The lowest BCUT2D eigenvalue weighted by Crippen LogP contribution is -2.42. The first-order valence-electron chi connectivity index (χ1n) is 8.61. The normalized spacial score (nSPS) is 19.5. The van der Waals surface area contributed by atoms with Crippen LogP contribution in [0.5, 0.6) is 5.75 Å². The van der Waals surface area contributed by atoms with Gasteiger partial charge in [0.25, 0.3) is 11.5 Å². The molecule has 2 rings (SSSR count). The first-order chi connectivity index (χ1) is 12.4. The van der Waals surface area contributed by atoms with Crippen LogP contribution in [0.1, 0.15) is 32.6 Å². The van der Waals surface area contributed by atoms with E-state index in [0.29, 0.717) is 12.3 Å². The number of pyridine rings is 1. The Morgan fingerprint density at radius 3 is 2.65 bits per heavy atom. The maximum atomic E-state index is 11.8. The molecule has 0 saturated heterocycles. The maximum Gasteiger partial charge on any atom is 0.407 e. The third-order valence-corrected chi connectivity index (χ3v) is 4.73. The quantitative estimate of drug-likeness (QED) is 0.716. The summed E-state index contributed by atoms with van der Waals surface area (Å²) in [5, 5.41) is 5.33. The van der Waals surface area contributed by atoms with Crippen molar-refractivity contribution in [2.45, 2.75) is 44.8 Å². The number of rotatable bonds is 6. The lowest BCUT2D eigenvalue weighted by Gasteiger charge is -2.29. The highest BCUT2D eigenvalue weighted by molar-refractivity contribution is 9.10.